The van der Waals surface area contributed by atoms with Crippen molar-refractivity contribution in [2.45, 2.75) is 0 Å². The average Bonchev–Trinajstić information content (AvgIpc) is 2.28. The lowest BCUT2D eigenvalue weighted by molar-refractivity contribution is 0.0691. The number of pyridine rings is 1. The molecule has 86 valence electrons. The molecule has 0 atom stereocenters. The fourth-order valence-corrected chi connectivity index (χ4v) is 1.72. The van der Waals surface area contributed by atoms with Crippen LogP contribution in [0.15, 0.2) is 24.3 Å². The number of carboxylic acid groups (broad SMARTS) is 2. The van der Waals surface area contributed by atoms with Crippen LogP contribution in [0.1, 0.15) is 20.8 Å². The zero-order valence-electron chi connectivity index (χ0n) is 8.35. The molecular weight excluding hydrogens is 246 g/mol. The maximum absolute atomic E-state index is 11.0. The van der Waals surface area contributed by atoms with Gasteiger partial charge in [-0.3, -0.25) is 0 Å². The third-order valence-electron chi connectivity index (χ3n) is 2.24. The van der Waals surface area contributed by atoms with Crippen LogP contribution in [0.2, 0.25) is 5.02 Å². The summed E-state index contributed by atoms with van der Waals surface area (Å²) in [4.78, 5) is 25.7. The first-order valence-corrected chi connectivity index (χ1v) is 4.94. The molecule has 2 N–H and O–H groups in total. The maximum Gasteiger partial charge on any atom is 0.354 e. The Morgan fingerprint density at radius 3 is 2.47 bits per heavy atom. The van der Waals surface area contributed by atoms with E-state index in [1.807, 2.05) is 0 Å². The number of rotatable bonds is 2. The molecule has 0 unspecified atom stereocenters. The zero-order chi connectivity index (χ0) is 12.6. The number of hydrogen-bond donors (Lipinski definition) is 2. The third-order valence-corrected chi connectivity index (χ3v) is 2.54. The van der Waals surface area contributed by atoms with Gasteiger partial charge in [-0.2, -0.15) is 0 Å². The Balaban J connectivity index is 2.91. The predicted octanol–water partition coefficient (Wildman–Crippen LogP) is 2.28. The van der Waals surface area contributed by atoms with Gasteiger partial charge in [0, 0.05) is 5.39 Å². The van der Waals surface area contributed by atoms with Crippen LogP contribution < -0.4 is 0 Å². The number of aromatic carboxylic acids is 2. The van der Waals surface area contributed by atoms with Crippen molar-refractivity contribution in [1.29, 1.82) is 0 Å². The average molecular weight is 252 g/mol. The standard InChI is InChI=1S/C11H6ClNO4/c12-7-3-1-2-5-6(10(14)15)4-8(11(16)17)13-9(5)7/h1-4H,(H,14,15)(H,16,17). The minimum atomic E-state index is -1.30. The second-order valence-electron chi connectivity index (χ2n) is 3.30. The topological polar surface area (TPSA) is 87.5 Å². The van der Waals surface area contributed by atoms with Crippen LogP contribution in [0.3, 0.4) is 0 Å². The molecule has 0 fully saturated rings. The summed E-state index contributed by atoms with van der Waals surface area (Å²) in [5.74, 6) is -2.52. The lowest BCUT2D eigenvalue weighted by Crippen LogP contribution is -2.06. The fraction of sp³-hybridized carbons (Fsp3) is 0. The molecule has 0 amide bonds. The number of halogens is 1. The van der Waals surface area contributed by atoms with Gasteiger partial charge in [-0.05, 0) is 12.1 Å². The summed E-state index contributed by atoms with van der Waals surface area (Å²) in [6.45, 7) is 0. The summed E-state index contributed by atoms with van der Waals surface area (Å²) in [5.41, 5.74) is -0.302. The maximum atomic E-state index is 11.0. The number of benzene rings is 1. The van der Waals surface area contributed by atoms with Gasteiger partial charge in [-0.25, -0.2) is 14.6 Å². The quantitative estimate of drug-likeness (QED) is 0.855. The van der Waals surface area contributed by atoms with Crippen molar-refractivity contribution in [2.75, 3.05) is 0 Å². The minimum Gasteiger partial charge on any atom is -0.478 e. The number of carbonyl (C=O) groups is 2. The number of fused-ring (bicyclic) bond motifs is 1. The van der Waals surface area contributed by atoms with Crippen LogP contribution in [0.4, 0.5) is 0 Å². The van der Waals surface area contributed by atoms with Gasteiger partial charge in [-0.1, -0.05) is 23.7 Å². The van der Waals surface area contributed by atoms with Crippen LogP contribution in [-0.2, 0) is 0 Å². The first-order valence-electron chi connectivity index (χ1n) is 4.56. The summed E-state index contributed by atoms with van der Waals surface area (Å²) < 4.78 is 0. The Bertz CT molecular complexity index is 639. The van der Waals surface area contributed by atoms with E-state index in [4.69, 9.17) is 21.8 Å². The fourth-order valence-electron chi connectivity index (χ4n) is 1.50. The lowest BCUT2D eigenvalue weighted by atomic mass is 10.1. The smallest absolute Gasteiger partial charge is 0.354 e. The van der Waals surface area contributed by atoms with E-state index in [1.165, 1.54) is 12.1 Å². The van der Waals surface area contributed by atoms with E-state index in [9.17, 15) is 9.59 Å². The molecule has 1 aromatic carbocycles. The molecule has 5 nitrogen and oxygen atoms in total. The molecule has 0 aliphatic rings. The van der Waals surface area contributed by atoms with Crippen LogP contribution in [0.5, 0.6) is 0 Å². The summed E-state index contributed by atoms with van der Waals surface area (Å²) >= 11 is 5.86. The molecule has 2 rings (SSSR count). The normalized spacial score (nSPS) is 10.4. The molecule has 1 aromatic heterocycles. The highest BCUT2D eigenvalue weighted by atomic mass is 35.5. The molecule has 0 bridgehead atoms. The molecular formula is C11H6ClNO4. The van der Waals surface area contributed by atoms with E-state index < -0.39 is 11.9 Å². The van der Waals surface area contributed by atoms with Gasteiger partial charge in [0.15, 0.2) is 0 Å². The monoisotopic (exact) mass is 251 g/mol. The molecule has 0 radical (unpaired) electrons. The third kappa shape index (κ3) is 1.92. The van der Waals surface area contributed by atoms with Gasteiger partial charge in [0.2, 0.25) is 0 Å². The Morgan fingerprint density at radius 2 is 1.88 bits per heavy atom. The number of nitrogens with zero attached hydrogens (tertiary/aromatic N) is 1. The highest BCUT2D eigenvalue weighted by Gasteiger charge is 2.16. The van der Waals surface area contributed by atoms with E-state index in [2.05, 4.69) is 4.98 Å². The number of hydrogen-bond acceptors (Lipinski definition) is 3. The molecule has 6 heteroatoms. The van der Waals surface area contributed by atoms with Crippen molar-refractivity contribution in [1.82, 2.24) is 4.98 Å². The van der Waals surface area contributed by atoms with E-state index in [-0.39, 0.29) is 21.8 Å². The Hall–Kier alpha value is -2.14. The van der Waals surface area contributed by atoms with E-state index in [1.54, 1.807) is 6.07 Å². The van der Waals surface area contributed by atoms with Gasteiger partial charge in [0.25, 0.3) is 0 Å². The number of para-hydroxylation sites is 1. The largest absolute Gasteiger partial charge is 0.478 e. The summed E-state index contributed by atoms with van der Waals surface area (Å²) in [6, 6.07) is 5.65. The first-order chi connectivity index (χ1) is 8.00. The van der Waals surface area contributed by atoms with Gasteiger partial charge in [0.05, 0.1) is 16.1 Å². The Labute approximate surface area is 100 Å². The van der Waals surface area contributed by atoms with Crippen LogP contribution in [0.25, 0.3) is 10.9 Å². The van der Waals surface area contributed by atoms with Crippen LogP contribution in [0, 0.1) is 0 Å². The van der Waals surface area contributed by atoms with E-state index >= 15 is 0 Å². The second kappa shape index (κ2) is 4.03. The van der Waals surface area contributed by atoms with Gasteiger partial charge in [0.1, 0.15) is 5.69 Å². The number of aromatic nitrogens is 1. The van der Waals surface area contributed by atoms with Crippen molar-refractivity contribution >= 4 is 34.4 Å². The van der Waals surface area contributed by atoms with Crippen molar-refractivity contribution in [3.63, 3.8) is 0 Å². The lowest BCUT2D eigenvalue weighted by Gasteiger charge is -2.05. The molecule has 17 heavy (non-hydrogen) atoms. The van der Waals surface area contributed by atoms with E-state index in [0.29, 0.717) is 5.39 Å². The van der Waals surface area contributed by atoms with Crippen molar-refractivity contribution < 1.29 is 19.8 Å². The van der Waals surface area contributed by atoms with Crippen molar-refractivity contribution in [2.24, 2.45) is 0 Å². The first kappa shape index (κ1) is 11.3. The second-order valence-corrected chi connectivity index (χ2v) is 3.71. The SMILES string of the molecule is O=C(O)c1cc(C(=O)O)c2cccc(Cl)c2n1. The minimum absolute atomic E-state index is 0.130. The van der Waals surface area contributed by atoms with Gasteiger partial charge >= 0.3 is 11.9 Å². The molecule has 0 aliphatic carbocycles. The molecule has 0 saturated carbocycles. The Morgan fingerprint density at radius 1 is 1.18 bits per heavy atom. The molecule has 1 heterocycles. The van der Waals surface area contributed by atoms with Crippen LogP contribution >= 0.6 is 11.6 Å². The highest BCUT2D eigenvalue weighted by Crippen LogP contribution is 2.25. The molecule has 2 aromatic rings. The zero-order valence-corrected chi connectivity index (χ0v) is 9.10. The molecule has 0 saturated heterocycles. The van der Waals surface area contributed by atoms with Crippen molar-refractivity contribution in [3.05, 3.63) is 40.5 Å². The molecule has 0 spiro atoms. The number of carboxylic acids is 2. The Kier molecular flexibility index (Phi) is 2.69. The molecule has 0 aliphatic heterocycles. The van der Waals surface area contributed by atoms with E-state index in [0.717, 1.165) is 6.07 Å². The van der Waals surface area contributed by atoms with Crippen molar-refractivity contribution in [3.8, 4) is 0 Å². The summed E-state index contributed by atoms with van der Waals surface area (Å²) in [6.07, 6.45) is 0. The highest BCUT2D eigenvalue weighted by molar-refractivity contribution is 6.35. The summed E-state index contributed by atoms with van der Waals surface area (Å²) in [5, 5.41) is 18.4. The summed E-state index contributed by atoms with van der Waals surface area (Å²) in [7, 11) is 0. The van der Waals surface area contributed by atoms with Gasteiger partial charge < -0.3 is 10.2 Å². The predicted molar refractivity (Wildman–Crippen MR) is 60.7 cm³/mol. The van der Waals surface area contributed by atoms with Gasteiger partial charge in [-0.15, -0.1) is 0 Å². The van der Waals surface area contributed by atoms with Crippen LogP contribution in [-0.4, -0.2) is 27.1 Å².